The van der Waals surface area contributed by atoms with Crippen LogP contribution in [0.25, 0.3) is 0 Å². The van der Waals surface area contributed by atoms with Crippen molar-refractivity contribution in [3.05, 3.63) is 84.5 Å². The van der Waals surface area contributed by atoms with Crippen LogP contribution in [0.15, 0.2) is 73.3 Å². The first kappa shape index (κ1) is 47.4. The second-order valence-electron chi connectivity index (χ2n) is 19.3. The Labute approximate surface area is 360 Å². The third-order valence-electron chi connectivity index (χ3n) is 15.3. The Bertz CT molecular complexity index is 1390. The zero-order chi connectivity index (χ0) is 41.3. The standard InChI is InChI=1S/C28H43FO.C27H41FO/c1-2-3-4-7-22-30-28-19-17-27(18-20-28)26-15-13-25(14-16-26)24-11-9-23(10-12-24)8-5-6-21-29;1-2-3-6-21-29-27-18-16-26(17-19-27)25-14-12-24(13-15-25)23-10-8-22(9-11-23)7-4-5-20-28/h6,17-21,23-26H,2-5,7-16,22H2,1H3;5,16-20,22-25H,2-4,6-15,21H2,1H3/b21-6+;20-5+. The zero-order valence-corrected chi connectivity index (χ0v) is 37.6. The molecule has 4 aliphatic carbocycles. The van der Waals surface area contributed by atoms with Crippen molar-refractivity contribution >= 4 is 0 Å². The van der Waals surface area contributed by atoms with Crippen LogP contribution in [0, 0.1) is 35.5 Å². The van der Waals surface area contributed by atoms with E-state index >= 15 is 0 Å². The topological polar surface area (TPSA) is 18.5 Å². The first-order valence-electron chi connectivity index (χ1n) is 25.1. The molecule has 4 fully saturated rings. The van der Waals surface area contributed by atoms with Crippen LogP contribution in [0.4, 0.5) is 8.78 Å². The Kier molecular flexibility index (Phi) is 22.6. The molecule has 0 heterocycles. The van der Waals surface area contributed by atoms with E-state index in [0.717, 1.165) is 97.7 Å². The van der Waals surface area contributed by atoms with Crippen molar-refractivity contribution < 1.29 is 18.3 Å². The lowest BCUT2D eigenvalue weighted by Gasteiger charge is -2.38. The van der Waals surface area contributed by atoms with Gasteiger partial charge in [0.15, 0.2) is 0 Å². The highest BCUT2D eigenvalue weighted by atomic mass is 19.1. The minimum Gasteiger partial charge on any atom is -0.494 e. The van der Waals surface area contributed by atoms with Crippen LogP contribution < -0.4 is 9.47 Å². The first-order valence-corrected chi connectivity index (χ1v) is 25.1. The SMILES string of the molecule is CCCCCCOc1ccc(C2CCC(C3CCC(CC/C=C/F)CC3)CC2)cc1.CCCCCOc1ccc(C2CCC(C3CCC(CC/C=C/F)CC3)CC2)cc1. The Hall–Kier alpha value is -2.62. The van der Waals surface area contributed by atoms with Crippen molar-refractivity contribution in [3.63, 3.8) is 0 Å². The summed E-state index contributed by atoms with van der Waals surface area (Å²) < 4.78 is 36.0. The maximum atomic E-state index is 12.1. The fourth-order valence-electron chi connectivity index (χ4n) is 11.5. The molecule has 4 heteroatoms. The van der Waals surface area contributed by atoms with Gasteiger partial charge in [0, 0.05) is 0 Å². The molecule has 2 aromatic carbocycles. The van der Waals surface area contributed by atoms with Gasteiger partial charge in [-0.05, 0) is 198 Å². The van der Waals surface area contributed by atoms with Gasteiger partial charge in [0.05, 0.1) is 25.9 Å². The summed E-state index contributed by atoms with van der Waals surface area (Å²) in [6.07, 6.45) is 39.7. The molecule has 0 unspecified atom stereocenters. The van der Waals surface area contributed by atoms with Crippen LogP contribution in [-0.2, 0) is 0 Å². The number of hydrogen-bond acceptors (Lipinski definition) is 2. The van der Waals surface area contributed by atoms with Crippen molar-refractivity contribution in [2.45, 2.75) is 199 Å². The number of halogens is 2. The lowest BCUT2D eigenvalue weighted by Crippen LogP contribution is -2.25. The highest BCUT2D eigenvalue weighted by molar-refractivity contribution is 5.30. The molecule has 0 aromatic heterocycles. The Morgan fingerprint density at radius 3 is 1.14 bits per heavy atom. The third kappa shape index (κ3) is 17.0. The molecule has 0 aliphatic heterocycles. The van der Waals surface area contributed by atoms with Gasteiger partial charge in [-0.2, -0.15) is 0 Å². The Morgan fingerprint density at radius 1 is 0.441 bits per heavy atom. The number of benzene rings is 2. The second kappa shape index (κ2) is 28.1. The average molecular weight is 815 g/mol. The molecule has 0 spiro atoms. The van der Waals surface area contributed by atoms with Crippen molar-refractivity contribution in [1.82, 2.24) is 0 Å². The third-order valence-corrected chi connectivity index (χ3v) is 15.3. The van der Waals surface area contributed by atoms with Crippen molar-refractivity contribution in [3.8, 4) is 11.5 Å². The summed E-state index contributed by atoms with van der Waals surface area (Å²) in [5, 5.41) is 0. The van der Waals surface area contributed by atoms with Gasteiger partial charge in [0.25, 0.3) is 0 Å². The van der Waals surface area contributed by atoms with Gasteiger partial charge < -0.3 is 9.47 Å². The van der Waals surface area contributed by atoms with Gasteiger partial charge in [0.1, 0.15) is 11.5 Å². The summed E-state index contributed by atoms with van der Waals surface area (Å²) >= 11 is 0. The number of ether oxygens (including phenoxy) is 2. The minimum absolute atomic E-state index is 0.707. The molecular weight excluding hydrogens is 731 g/mol. The van der Waals surface area contributed by atoms with Crippen molar-refractivity contribution in [2.75, 3.05) is 13.2 Å². The molecular formula is C55H84F2O2. The fraction of sp³-hybridized carbons (Fsp3) is 0.709. The lowest BCUT2D eigenvalue weighted by atomic mass is 9.68. The molecule has 0 amide bonds. The van der Waals surface area contributed by atoms with Gasteiger partial charge in [-0.25, -0.2) is 8.78 Å². The van der Waals surface area contributed by atoms with Gasteiger partial charge in [-0.3, -0.25) is 0 Å². The predicted octanol–water partition coefficient (Wildman–Crippen LogP) is 17.6. The average Bonchev–Trinajstić information content (AvgIpc) is 3.29. The van der Waals surface area contributed by atoms with Gasteiger partial charge in [-0.15, -0.1) is 0 Å². The van der Waals surface area contributed by atoms with Gasteiger partial charge in [-0.1, -0.05) is 108 Å². The Morgan fingerprint density at radius 2 is 0.780 bits per heavy atom. The van der Waals surface area contributed by atoms with Crippen LogP contribution >= 0.6 is 0 Å². The van der Waals surface area contributed by atoms with Crippen molar-refractivity contribution in [1.29, 1.82) is 0 Å². The van der Waals surface area contributed by atoms with Gasteiger partial charge >= 0.3 is 0 Å². The molecule has 330 valence electrons. The quantitative estimate of drug-likeness (QED) is 0.117. The van der Waals surface area contributed by atoms with E-state index in [1.54, 1.807) is 12.2 Å². The molecule has 0 radical (unpaired) electrons. The van der Waals surface area contributed by atoms with Crippen LogP contribution in [0.3, 0.4) is 0 Å². The monoisotopic (exact) mass is 815 g/mol. The molecule has 0 bridgehead atoms. The van der Waals surface area contributed by atoms with E-state index in [4.69, 9.17) is 9.47 Å². The second-order valence-corrected chi connectivity index (χ2v) is 19.3. The molecule has 0 saturated heterocycles. The van der Waals surface area contributed by atoms with E-state index in [9.17, 15) is 8.78 Å². The van der Waals surface area contributed by atoms with Gasteiger partial charge in [0.2, 0.25) is 0 Å². The van der Waals surface area contributed by atoms with Crippen LogP contribution in [-0.4, -0.2) is 13.2 Å². The molecule has 4 saturated carbocycles. The van der Waals surface area contributed by atoms with Crippen LogP contribution in [0.5, 0.6) is 11.5 Å². The highest BCUT2D eigenvalue weighted by Crippen LogP contribution is 2.46. The molecule has 4 aliphatic rings. The molecule has 0 atom stereocenters. The smallest absolute Gasteiger partial charge is 0.119 e. The van der Waals surface area contributed by atoms with Crippen molar-refractivity contribution in [2.24, 2.45) is 35.5 Å². The minimum atomic E-state index is 0.707. The largest absolute Gasteiger partial charge is 0.494 e. The number of unbranched alkanes of at least 4 members (excludes halogenated alkanes) is 5. The summed E-state index contributed by atoms with van der Waals surface area (Å²) in [7, 11) is 0. The highest BCUT2D eigenvalue weighted by Gasteiger charge is 2.32. The molecule has 59 heavy (non-hydrogen) atoms. The maximum absolute atomic E-state index is 12.1. The van der Waals surface area contributed by atoms with E-state index < -0.39 is 0 Å². The number of hydrogen-bond donors (Lipinski definition) is 0. The fourth-order valence-corrected chi connectivity index (χ4v) is 11.5. The summed E-state index contributed by atoms with van der Waals surface area (Å²) in [6.45, 7) is 6.16. The van der Waals surface area contributed by atoms with Crippen LogP contribution in [0.2, 0.25) is 0 Å². The summed E-state index contributed by atoms with van der Waals surface area (Å²) in [6, 6.07) is 17.9. The Balaban J connectivity index is 0.000000224. The van der Waals surface area contributed by atoms with E-state index in [1.807, 2.05) is 0 Å². The molecule has 0 N–H and O–H groups in total. The predicted molar refractivity (Wildman–Crippen MR) is 247 cm³/mol. The number of allylic oxidation sites excluding steroid dienone is 2. The molecule has 2 aromatic rings. The molecule has 6 rings (SSSR count). The van der Waals surface area contributed by atoms with E-state index in [-0.39, 0.29) is 0 Å². The first-order chi connectivity index (χ1) is 29.1. The van der Waals surface area contributed by atoms with E-state index in [1.165, 1.54) is 159 Å². The number of rotatable bonds is 21. The zero-order valence-electron chi connectivity index (χ0n) is 37.6. The summed E-state index contributed by atoms with van der Waals surface area (Å²) in [4.78, 5) is 0. The molecule has 2 nitrogen and oxygen atoms in total. The lowest BCUT2D eigenvalue weighted by molar-refractivity contribution is 0.157. The van der Waals surface area contributed by atoms with E-state index in [0.29, 0.717) is 12.7 Å². The normalized spacial score (nSPS) is 27.7. The summed E-state index contributed by atoms with van der Waals surface area (Å²) in [5.41, 5.74) is 3.02. The summed E-state index contributed by atoms with van der Waals surface area (Å²) in [5.74, 6) is 8.98. The van der Waals surface area contributed by atoms with E-state index in [2.05, 4.69) is 62.4 Å². The maximum Gasteiger partial charge on any atom is 0.119 e. The van der Waals surface area contributed by atoms with Crippen LogP contribution in [0.1, 0.15) is 210 Å².